The molecule has 3 N–H and O–H groups in total. The van der Waals surface area contributed by atoms with Gasteiger partial charge in [-0.05, 0) is 25.6 Å². The predicted octanol–water partition coefficient (Wildman–Crippen LogP) is 1.79. The highest BCUT2D eigenvalue weighted by Crippen LogP contribution is 2.23. The Labute approximate surface area is 110 Å². The van der Waals surface area contributed by atoms with Gasteiger partial charge < -0.3 is 11.1 Å². The molecule has 3 rings (SSSR count). The molecule has 0 unspecified atom stereocenters. The number of rotatable bonds is 2. The van der Waals surface area contributed by atoms with Crippen LogP contribution in [-0.2, 0) is 6.54 Å². The highest BCUT2D eigenvalue weighted by Gasteiger charge is 2.08. The number of anilines is 1. The highest BCUT2D eigenvalue weighted by molar-refractivity contribution is 5.96. The first-order chi connectivity index (χ1) is 9.19. The molecule has 2 heterocycles. The summed E-state index contributed by atoms with van der Waals surface area (Å²) in [5.74, 6) is 1.14. The van der Waals surface area contributed by atoms with E-state index in [0.29, 0.717) is 23.8 Å². The number of hydrogen-bond acceptors (Lipinski definition) is 5. The number of pyridine rings is 1. The lowest BCUT2D eigenvalue weighted by Gasteiger charge is -2.07. The summed E-state index contributed by atoms with van der Waals surface area (Å²) in [6.07, 6.45) is 0. The molecule has 0 aliphatic rings. The normalized spacial score (nSPS) is 11.3. The fourth-order valence-corrected chi connectivity index (χ4v) is 2.19. The smallest absolute Gasteiger partial charge is 0.165 e. The quantitative estimate of drug-likeness (QED) is 0.681. The molecule has 96 valence electrons. The fraction of sp³-hybridized carbons (Fsp3) is 0.214. The zero-order chi connectivity index (χ0) is 13.4. The van der Waals surface area contributed by atoms with Gasteiger partial charge in [0.15, 0.2) is 5.65 Å². The van der Waals surface area contributed by atoms with E-state index in [1.165, 1.54) is 0 Å². The summed E-state index contributed by atoms with van der Waals surface area (Å²) in [4.78, 5) is 13.4. The first kappa shape index (κ1) is 11.8. The summed E-state index contributed by atoms with van der Waals surface area (Å²) < 4.78 is 0. The lowest BCUT2D eigenvalue weighted by molar-refractivity contribution is 0.765. The van der Waals surface area contributed by atoms with E-state index < -0.39 is 0 Å². The van der Waals surface area contributed by atoms with Gasteiger partial charge in [0.2, 0.25) is 0 Å². The highest BCUT2D eigenvalue weighted by atomic mass is 15.0. The molecule has 0 saturated carbocycles. The van der Waals surface area contributed by atoms with Crippen molar-refractivity contribution < 1.29 is 0 Å². The van der Waals surface area contributed by atoms with Crippen molar-refractivity contribution >= 4 is 27.8 Å². The number of aromatic nitrogens is 3. The average molecular weight is 253 g/mol. The maximum Gasteiger partial charge on any atom is 0.165 e. The zero-order valence-corrected chi connectivity index (χ0v) is 10.9. The number of hydrogen-bond donors (Lipinski definition) is 2. The van der Waals surface area contributed by atoms with Gasteiger partial charge in [-0.3, -0.25) is 0 Å². The Hall–Kier alpha value is -2.27. The van der Waals surface area contributed by atoms with Crippen LogP contribution in [0.15, 0.2) is 24.3 Å². The van der Waals surface area contributed by atoms with Crippen LogP contribution in [-0.4, -0.2) is 22.0 Å². The maximum atomic E-state index is 6.00. The van der Waals surface area contributed by atoms with Gasteiger partial charge >= 0.3 is 0 Å². The minimum Gasteiger partial charge on any atom is -0.383 e. The first-order valence-corrected chi connectivity index (χ1v) is 6.16. The van der Waals surface area contributed by atoms with Crippen LogP contribution in [0.25, 0.3) is 21.9 Å². The van der Waals surface area contributed by atoms with E-state index in [2.05, 4.69) is 20.3 Å². The van der Waals surface area contributed by atoms with E-state index in [-0.39, 0.29) is 0 Å². The molecule has 0 aliphatic carbocycles. The van der Waals surface area contributed by atoms with Crippen molar-refractivity contribution in [2.45, 2.75) is 13.5 Å². The van der Waals surface area contributed by atoms with Gasteiger partial charge in [0.05, 0.1) is 17.4 Å². The Balaban J connectivity index is 2.35. The fourth-order valence-electron chi connectivity index (χ4n) is 2.19. The summed E-state index contributed by atoms with van der Waals surface area (Å²) >= 11 is 0. The number of para-hydroxylation sites is 1. The van der Waals surface area contributed by atoms with Crippen molar-refractivity contribution in [1.29, 1.82) is 0 Å². The summed E-state index contributed by atoms with van der Waals surface area (Å²) in [6.45, 7) is 2.62. The monoisotopic (exact) mass is 253 g/mol. The Morgan fingerprint density at radius 2 is 2.05 bits per heavy atom. The molecule has 5 nitrogen and oxygen atoms in total. The van der Waals surface area contributed by atoms with Crippen molar-refractivity contribution in [2.24, 2.45) is 0 Å². The second-order valence-corrected chi connectivity index (χ2v) is 4.56. The minimum absolute atomic E-state index is 0.478. The summed E-state index contributed by atoms with van der Waals surface area (Å²) in [6, 6.07) is 8.08. The van der Waals surface area contributed by atoms with Gasteiger partial charge in [-0.25, -0.2) is 15.0 Å². The largest absolute Gasteiger partial charge is 0.383 e. The molecule has 1 aromatic carbocycles. The molecule has 0 amide bonds. The molecule has 0 fully saturated rings. The van der Waals surface area contributed by atoms with Gasteiger partial charge in [0.1, 0.15) is 11.6 Å². The van der Waals surface area contributed by atoms with Crippen LogP contribution in [0.4, 0.5) is 5.82 Å². The maximum absolute atomic E-state index is 6.00. The molecule has 0 saturated heterocycles. The van der Waals surface area contributed by atoms with Crippen LogP contribution >= 0.6 is 0 Å². The van der Waals surface area contributed by atoms with E-state index in [4.69, 9.17) is 5.73 Å². The molecule has 0 bridgehead atoms. The summed E-state index contributed by atoms with van der Waals surface area (Å²) in [7, 11) is 1.85. The van der Waals surface area contributed by atoms with E-state index in [9.17, 15) is 0 Å². The number of nitrogen functional groups attached to an aromatic ring is 1. The molecule has 2 aromatic heterocycles. The van der Waals surface area contributed by atoms with Gasteiger partial charge in [-0.15, -0.1) is 0 Å². The van der Waals surface area contributed by atoms with Crippen molar-refractivity contribution in [2.75, 3.05) is 12.8 Å². The average Bonchev–Trinajstić information content (AvgIpc) is 2.38. The third-order valence-electron chi connectivity index (χ3n) is 3.12. The molecule has 0 atom stereocenters. The van der Waals surface area contributed by atoms with Gasteiger partial charge in [0.25, 0.3) is 0 Å². The lowest BCUT2D eigenvalue weighted by Crippen LogP contribution is -2.11. The van der Waals surface area contributed by atoms with Crippen LogP contribution in [0.5, 0.6) is 0 Å². The Morgan fingerprint density at radius 1 is 1.21 bits per heavy atom. The number of nitrogens with one attached hydrogen (secondary N) is 1. The third kappa shape index (κ3) is 1.98. The summed E-state index contributed by atoms with van der Waals surface area (Å²) in [5.41, 5.74) is 8.74. The molecule has 0 spiro atoms. The second-order valence-electron chi connectivity index (χ2n) is 4.56. The van der Waals surface area contributed by atoms with Gasteiger partial charge in [-0.1, -0.05) is 18.2 Å². The number of fused-ring (bicyclic) bond motifs is 2. The van der Waals surface area contributed by atoms with Crippen LogP contribution in [0, 0.1) is 6.92 Å². The molecular formula is C14H15N5. The Bertz CT molecular complexity index is 766. The standard InChI is InChI=1S/C14H15N5/c1-8-4-3-5-9-6-10-13(15)17-11(7-16-2)18-14(10)19-12(8)9/h3-6,16H,7H2,1-2H3,(H2,15,17,18,19). The molecule has 3 aromatic rings. The predicted molar refractivity (Wildman–Crippen MR) is 76.8 cm³/mol. The van der Waals surface area contributed by atoms with E-state index in [0.717, 1.165) is 21.9 Å². The molecule has 0 aliphatic heterocycles. The number of nitrogens with two attached hydrogens (primary N) is 1. The van der Waals surface area contributed by atoms with Crippen LogP contribution in [0.3, 0.4) is 0 Å². The number of nitrogens with zero attached hydrogens (tertiary/aromatic N) is 3. The number of aryl methyl sites for hydroxylation is 1. The molecular weight excluding hydrogens is 238 g/mol. The molecule has 5 heteroatoms. The number of benzene rings is 1. The van der Waals surface area contributed by atoms with Crippen LogP contribution < -0.4 is 11.1 Å². The van der Waals surface area contributed by atoms with Crippen molar-refractivity contribution in [1.82, 2.24) is 20.3 Å². The first-order valence-electron chi connectivity index (χ1n) is 6.16. The van der Waals surface area contributed by atoms with Crippen LogP contribution in [0.2, 0.25) is 0 Å². The van der Waals surface area contributed by atoms with Crippen molar-refractivity contribution in [3.05, 3.63) is 35.7 Å². The molecule has 0 radical (unpaired) electrons. The van der Waals surface area contributed by atoms with E-state index >= 15 is 0 Å². The van der Waals surface area contributed by atoms with Gasteiger partial charge in [-0.2, -0.15) is 0 Å². The Morgan fingerprint density at radius 3 is 2.84 bits per heavy atom. The summed E-state index contributed by atoms with van der Waals surface area (Å²) in [5, 5.41) is 4.88. The van der Waals surface area contributed by atoms with E-state index in [1.54, 1.807) is 0 Å². The lowest BCUT2D eigenvalue weighted by atomic mass is 10.1. The zero-order valence-electron chi connectivity index (χ0n) is 10.9. The van der Waals surface area contributed by atoms with E-state index in [1.807, 2.05) is 38.2 Å². The second kappa shape index (κ2) is 4.44. The SMILES string of the molecule is CNCc1nc(N)c2cc3cccc(C)c3nc2n1. The van der Waals surface area contributed by atoms with Crippen molar-refractivity contribution in [3.8, 4) is 0 Å². The van der Waals surface area contributed by atoms with Gasteiger partial charge in [0, 0.05) is 5.39 Å². The van der Waals surface area contributed by atoms with Crippen molar-refractivity contribution in [3.63, 3.8) is 0 Å². The molecule has 19 heavy (non-hydrogen) atoms. The minimum atomic E-state index is 0.478. The Kier molecular flexibility index (Phi) is 2.76. The third-order valence-corrected chi connectivity index (χ3v) is 3.12. The topological polar surface area (TPSA) is 76.7 Å². The van der Waals surface area contributed by atoms with Crippen LogP contribution in [0.1, 0.15) is 11.4 Å².